The van der Waals surface area contributed by atoms with E-state index in [9.17, 15) is 23.3 Å². The van der Waals surface area contributed by atoms with Gasteiger partial charge in [-0.05, 0) is 12.0 Å². The molecule has 0 saturated carbocycles. The van der Waals surface area contributed by atoms with Gasteiger partial charge in [-0.3, -0.25) is 10.1 Å². The van der Waals surface area contributed by atoms with Gasteiger partial charge in [-0.2, -0.15) is 18.2 Å². The molecule has 0 atom stereocenters. The molecule has 2 aromatic rings. The molecule has 0 fully saturated rings. The number of nitro benzene ring substituents is 1. The summed E-state index contributed by atoms with van der Waals surface area (Å²) in [5, 5.41) is 24.7. The molecule has 140 valence electrons. The number of rotatable bonds is 8. The molecule has 0 radical (unpaired) electrons. The van der Waals surface area contributed by atoms with E-state index in [1.165, 1.54) is 24.3 Å². The van der Waals surface area contributed by atoms with E-state index in [2.05, 4.69) is 20.6 Å². The topological polar surface area (TPSA) is 113 Å². The number of hydrogen-bond acceptors (Lipinski definition) is 7. The second-order valence-electron chi connectivity index (χ2n) is 5.24. The number of nitro groups is 1. The maximum Gasteiger partial charge on any atom is 0.433 e. The van der Waals surface area contributed by atoms with Gasteiger partial charge in [0.15, 0.2) is 5.69 Å². The summed E-state index contributed by atoms with van der Waals surface area (Å²) in [6.07, 6.45) is -4.30. The van der Waals surface area contributed by atoms with Crippen molar-refractivity contribution in [3.63, 3.8) is 0 Å². The molecule has 2 rings (SSSR count). The fourth-order valence-corrected chi connectivity index (χ4v) is 1.97. The number of hydrogen-bond donors (Lipinski definition) is 3. The van der Waals surface area contributed by atoms with E-state index in [0.717, 1.165) is 6.07 Å². The Morgan fingerprint density at radius 2 is 1.85 bits per heavy atom. The van der Waals surface area contributed by atoms with Crippen LogP contribution >= 0.6 is 0 Å². The fraction of sp³-hybridized carbons (Fsp3) is 0.333. The van der Waals surface area contributed by atoms with Crippen molar-refractivity contribution in [1.82, 2.24) is 9.97 Å². The zero-order valence-electron chi connectivity index (χ0n) is 13.5. The van der Waals surface area contributed by atoms with Crippen LogP contribution in [-0.4, -0.2) is 33.1 Å². The maximum absolute atomic E-state index is 13.0. The molecule has 11 heteroatoms. The number of aromatic nitrogens is 2. The maximum atomic E-state index is 13.0. The minimum absolute atomic E-state index is 0.0443. The van der Waals surface area contributed by atoms with Gasteiger partial charge in [0.05, 0.1) is 4.92 Å². The first-order chi connectivity index (χ1) is 12.3. The highest BCUT2D eigenvalue weighted by Gasteiger charge is 2.33. The van der Waals surface area contributed by atoms with E-state index in [-0.39, 0.29) is 37.1 Å². The van der Waals surface area contributed by atoms with Crippen molar-refractivity contribution in [1.29, 1.82) is 0 Å². The highest BCUT2D eigenvalue weighted by atomic mass is 19.4. The Morgan fingerprint density at radius 1 is 1.15 bits per heavy atom. The Labute approximate surface area is 146 Å². The lowest BCUT2D eigenvalue weighted by Gasteiger charge is -2.12. The van der Waals surface area contributed by atoms with Gasteiger partial charge in [-0.25, -0.2) is 4.98 Å². The van der Waals surface area contributed by atoms with Gasteiger partial charge in [0.2, 0.25) is 5.95 Å². The summed E-state index contributed by atoms with van der Waals surface area (Å²) in [6, 6.07) is 6.39. The van der Waals surface area contributed by atoms with E-state index in [1.807, 2.05) is 0 Å². The number of aliphatic hydroxyl groups is 1. The van der Waals surface area contributed by atoms with Crippen molar-refractivity contribution >= 4 is 17.5 Å². The lowest BCUT2D eigenvalue weighted by Crippen LogP contribution is -2.15. The third kappa shape index (κ3) is 5.55. The molecule has 8 nitrogen and oxygen atoms in total. The van der Waals surface area contributed by atoms with Gasteiger partial charge in [0.25, 0.3) is 5.69 Å². The Bertz CT molecular complexity index is 753. The van der Waals surface area contributed by atoms with Crippen molar-refractivity contribution in [3.05, 3.63) is 51.7 Å². The molecule has 0 aliphatic rings. The first-order valence-corrected chi connectivity index (χ1v) is 7.58. The van der Waals surface area contributed by atoms with Crippen LogP contribution in [0.4, 0.5) is 30.6 Å². The van der Waals surface area contributed by atoms with Crippen LogP contribution < -0.4 is 10.6 Å². The summed E-state index contributed by atoms with van der Waals surface area (Å²) in [5.74, 6) is -0.253. The molecule has 0 aliphatic carbocycles. The molecule has 0 unspecified atom stereocenters. The minimum atomic E-state index is -4.64. The normalized spacial score (nSPS) is 11.2. The van der Waals surface area contributed by atoms with Gasteiger partial charge >= 0.3 is 6.18 Å². The molecule has 0 saturated heterocycles. The highest BCUT2D eigenvalue weighted by molar-refractivity contribution is 5.44. The molecule has 1 heterocycles. The quantitative estimate of drug-likeness (QED) is 0.371. The average molecular weight is 371 g/mol. The largest absolute Gasteiger partial charge is 0.433 e. The number of anilines is 2. The predicted molar refractivity (Wildman–Crippen MR) is 87.6 cm³/mol. The number of nitrogens with zero attached hydrogens (tertiary/aromatic N) is 3. The van der Waals surface area contributed by atoms with Crippen molar-refractivity contribution in [3.8, 4) is 0 Å². The minimum Gasteiger partial charge on any atom is -0.396 e. The molecule has 0 spiro atoms. The van der Waals surface area contributed by atoms with Crippen LogP contribution in [-0.2, 0) is 12.7 Å². The predicted octanol–water partition coefficient (Wildman–Crippen LogP) is 2.81. The van der Waals surface area contributed by atoms with Crippen LogP contribution in [0.1, 0.15) is 17.7 Å². The molecule has 26 heavy (non-hydrogen) atoms. The molecule has 0 bridgehead atoms. The van der Waals surface area contributed by atoms with Gasteiger partial charge in [0, 0.05) is 37.9 Å². The molecular weight excluding hydrogens is 355 g/mol. The second-order valence-corrected chi connectivity index (χ2v) is 5.24. The van der Waals surface area contributed by atoms with E-state index < -0.39 is 16.8 Å². The Kier molecular flexibility index (Phi) is 6.28. The summed E-state index contributed by atoms with van der Waals surface area (Å²) >= 11 is 0. The number of non-ortho nitro benzene ring substituents is 1. The molecule has 1 aromatic heterocycles. The van der Waals surface area contributed by atoms with Gasteiger partial charge in [0.1, 0.15) is 5.82 Å². The van der Waals surface area contributed by atoms with E-state index in [0.29, 0.717) is 12.0 Å². The Morgan fingerprint density at radius 3 is 2.42 bits per heavy atom. The standard InChI is InChI=1S/C15H16F3N5O3/c16-15(17,18)12-8-13(22-14(21-12)19-6-1-7-24)20-9-10-2-4-11(5-3-10)23(25)26/h2-5,8,24H,1,6-7,9H2,(H2,19,20,21,22). The Balaban J connectivity index is 2.13. The van der Waals surface area contributed by atoms with E-state index >= 15 is 0 Å². The number of aliphatic hydroxyl groups excluding tert-OH is 1. The molecule has 0 aliphatic heterocycles. The van der Waals surface area contributed by atoms with Crippen molar-refractivity contribution in [2.45, 2.75) is 19.1 Å². The lowest BCUT2D eigenvalue weighted by molar-refractivity contribution is -0.384. The van der Waals surface area contributed by atoms with E-state index in [4.69, 9.17) is 5.11 Å². The van der Waals surface area contributed by atoms with Gasteiger partial charge in [-0.15, -0.1) is 0 Å². The number of nitrogens with one attached hydrogen (secondary N) is 2. The third-order valence-electron chi connectivity index (χ3n) is 3.26. The summed E-state index contributed by atoms with van der Waals surface area (Å²) in [5.41, 5.74) is -0.548. The van der Waals surface area contributed by atoms with Crippen LogP contribution in [0.3, 0.4) is 0 Å². The van der Waals surface area contributed by atoms with Crippen LogP contribution in [0.2, 0.25) is 0 Å². The first-order valence-electron chi connectivity index (χ1n) is 7.58. The SMILES string of the molecule is O=[N+]([O-])c1ccc(CNc2cc(C(F)(F)F)nc(NCCCO)n2)cc1. The van der Waals surface area contributed by atoms with Crippen molar-refractivity contribution < 1.29 is 23.2 Å². The zero-order valence-corrected chi connectivity index (χ0v) is 13.5. The number of halogens is 3. The fourth-order valence-electron chi connectivity index (χ4n) is 1.97. The highest BCUT2D eigenvalue weighted by Crippen LogP contribution is 2.29. The monoisotopic (exact) mass is 371 g/mol. The number of benzene rings is 1. The molecule has 0 amide bonds. The molecule has 1 aromatic carbocycles. The summed E-state index contributed by atoms with van der Waals surface area (Å²) < 4.78 is 38.9. The van der Waals surface area contributed by atoms with Crippen LogP contribution in [0, 0.1) is 10.1 Å². The van der Waals surface area contributed by atoms with E-state index in [1.54, 1.807) is 0 Å². The smallest absolute Gasteiger partial charge is 0.396 e. The average Bonchev–Trinajstić information content (AvgIpc) is 2.59. The van der Waals surface area contributed by atoms with Gasteiger partial charge < -0.3 is 15.7 Å². The third-order valence-corrected chi connectivity index (χ3v) is 3.26. The zero-order chi connectivity index (χ0) is 19.2. The van der Waals surface area contributed by atoms with Gasteiger partial charge in [-0.1, -0.05) is 12.1 Å². The molecular formula is C15H16F3N5O3. The lowest BCUT2D eigenvalue weighted by atomic mass is 10.2. The van der Waals surface area contributed by atoms with Crippen LogP contribution in [0.25, 0.3) is 0 Å². The van der Waals surface area contributed by atoms with Crippen LogP contribution in [0.5, 0.6) is 0 Å². The second kappa shape index (κ2) is 8.43. The molecule has 3 N–H and O–H groups in total. The Hall–Kier alpha value is -2.95. The summed E-state index contributed by atoms with van der Waals surface area (Å²) in [6.45, 7) is 0.235. The summed E-state index contributed by atoms with van der Waals surface area (Å²) in [4.78, 5) is 17.4. The van der Waals surface area contributed by atoms with Crippen molar-refractivity contribution in [2.24, 2.45) is 0 Å². The number of alkyl halides is 3. The van der Waals surface area contributed by atoms with Crippen molar-refractivity contribution in [2.75, 3.05) is 23.8 Å². The first kappa shape index (κ1) is 19.4. The summed E-state index contributed by atoms with van der Waals surface area (Å²) in [7, 11) is 0. The van der Waals surface area contributed by atoms with Crippen LogP contribution in [0.15, 0.2) is 30.3 Å².